The van der Waals surface area contributed by atoms with Crippen LogP contribution in [0.3, 0.4) is 0 Å². The molecule has 1 aromatic carbocycles. The number of para-hydroxylation sites is 1. The SMILES string of the molecule is O=C(NC1CCN(C(=O)N2CCCC2)CC1)c1cn(-c2ccccc2)nn1. The number of piperidine rings is 1. The second-order valence-electron chi connectivity index (χ2n) is 7.10. The summed E-state index contributed by atoms with van der Waals surface area (Å²) in [6, 6.07) is 9.76. The van der Waals surface area contributed by atoms with Crippen LogP contribution in [0.2, 0.25) is 0 Å². The number of carbonyl (C=O) groups excluding carboxylic acids is 2. The molecule has 0 unspecified atom stereocenters. The van der Waals surface area contributed by atoms with Gasteiger partial charge < -0.3 is 15.1 Å². The average molecular weight is 368 g/mol. The van der Waals surface area contributed by atoms with Crippen molar-refractivity contribution in [3.05, 3.63) is 42.2 Å². The van der Waals surface area contributed by atoms with Crippen LogP contribution in [0, 0.1) is 0 Å². The molecule has 142 valence electrons. The first kappa shape index (κ1) is 17.5. The zero-order chi connectivity index (χ0) is 18.6. The molecule has 2 fully saturated rings. The summed E-state index contributed by atoms with van der Waals surface area (Å²) in [6.45, 7) is 3.09. The lowest BCUT2D eigenvalue weighted by molar-refractivity contribution is 0.0907. The number of amides is 3. The molecular formula is C19H24N6O2. The highest BCUT2D eigenvalue weighted by Crippen LogP contribution is 2.16. The Morgan fingerprint density at radius 3 is 2.33 bits per heavy atom. The van der Waals surface area contributed by atoms with Crippen molar-refractivity contribution in [3.63, 3.8) is 0 Å². The molecule has 8 nitrogen and oxygen atoms in total. The van der Waals surface area contributed by atoms with Crippen LogP contribution in [0.5, 0.6) is 0 Å². The highest BCUT2D eigenvalue weighted by molar-refractivity contribution is 5.92. The van der Waals surface area contributed by atoms with Gasteiger partial charge in [0.05, 0.1) is 11.9 Å². The van der Waals surface area contributed by atoms with E-state index in [1.54, 1.807) is 10.9 Å². The standard InChI is InChI=1S/C19H24N6O2/c26-18(17-14-25(22-21-17)16-6-2-1-3-7-16)20-15-8-12-24(13-9-15)19(27)23-10-4-5-11-23/h1-3,6-7,14-15H,4-5,8-13H2,(H,20,26). The third-order valence-electron chi connectivity index (χ3n) is 5.22. The lowest BCUT2D eigenvalue weighted by Crippen LogP contribution is -2.50. The maximum Gasteiger partial charge on any atom is 0.319 e. The molecule has 8 heteroatoms. The van der Waals surface area contributed by atoms with Gasteiger partial charge in [0.15, 0.2) is 5.69 Å². The number of hydrogen-bond acceptors (Lipinski definition) is 4. The van der Waals surface area contributed by atoms with E-state index in [2.05, 4.69) is 15.6 Å². The first-order valence-corrected chi connectivity index (χ1v) is 9.53. The van der Waals surface area contributed by atoms with Crippen LogP contribution in [0.25, 0.3) is 5.69 Å². The lowest BCUT2D eigenvalue weighted by atomic mass is 10.1. The van der Waals surface area contributed by atoms with Gasteiger partial charge in [-0.25, -0.2) is 9.48 Å². The molecule has 2 saturated heterocycles. The maximum absolute atomic E-state index is 12.5. The molecule has 0 bridgehead atoms. The Morgan fingerprint density at radius 2 is 1.63 bits per heavy atom. The van der Waals surface area contributed by atoms with Crippen LogP contribution in [-0.4, -0.2) is 69.0 Å². The van der Waals surface area contributed by atoms with Crippen molar-refractivity contribution in [3.8, 4) is 5.69 Å². The molecule has 0 spiro atoms. The van der Waals surface area contributed by atoms with Crippen molar-refractivity contribution in [1.82, 2.24) is 30.1 Å². The molecule has 3 heterocycles. The van der Waals surface area contributed by atoms with Gasteiger partial charge in [-0.3, -0.25) is 4.79 Å². The van der Waals surface area contributed by atoms with Crippen LogP contribution in [-0.2, 0) is 0 Å². The Morgan fingerprint density at radius 1 is 0.963 bits per heavy atom. The topological polar surface area (TPSA) is 83.4 Å². The smallest absolute Gasteiger partial charge is 0.319 e. The summed E-state index contributed by atoms with van der Waals surface area (Å²) in [7, 11) is 0. The average Bonchev–Trinajstić information content (AvgIpc) is 3.41. The van der Waals surface area contributed by atoms with E-state index in [0.717, 1.165) is 44.5 Å². The lowest BCUT2D eigenvalue weighted by Gasteiger charge is -2.34. The van der Waals surface area contributed by atoms with Crippen molar-refractivity contribution >= 4 is 11.9 Å². The first-order chi connectivity index (χ1) is 13.2. The Hall–Kier alpha value is -2.90. The molecule has 2 aliphatic heterocycles. The summed E-state index contributed by atoms with van der Waals surface area (Å²) in [4.78, 5) is 28.7. The number of nitrogens with zero attached hydrogens (tertiary/aromatic N) is 5. The summed E-state index contributed by atoms with van der Waals surface area (Å²) >= 11 is 0. The van der Waals surface area contributed by atoms with Gasteiger partial charge >= 0.3 is 6.03 Å². The fraction of sp³-hybridized carbons (Fsp3) is 0.474. The Balaban J connectivity index is 1.29. The van der Waals surface area contributed by atoms with Gasteiger partial charge in [-0.1, -0.05) is 23.4 Å². The molecule has 0 atom stereocenters. The molecule has 27 heavy (non-hydrogen) atoms. The second kappa shape index (κ2) is 7.77. The number of urea groups is 1. The molecule has 0 radical (unpaired) electrons. The summed E-state index contributed by atoms with van der Waals surface area (Å²) in [5, 5.41) is 11.0. The summed E-state index contributed by atoms with van der Waals surface area (Å²) in [6.07, 6.45) is 5.36. The molecule has 1 aromatic heterocycles. The third-order valence-corrected chi connectivity index (χ3v) is 5.22. The number of rotatable bonds is 3. The normalized spacial score (nSPS) is 17.9. The van der Waals surface area contributed by atoms with E-state index < -0.39 is 0 Å². The van der Waals surface area contributed by atoms with Gasteiger partial charge in [-0.05, 0) is 37.8 Å². The minimum atomic E-state index is -0.221. The third kappa shape index (κ3) is 3.94. The Kier molecular flexibility index (Phi) is 5.04. The number of aromatic nitrogens is 3. The zero-order valence-electron chi connectivity index (χ0n) is 15.3. The van der Waals surface area contributed by atoms with E-state index in [1.807, 2.05) is 40.1 Å². The summed E-state index contributed by atoms with van der Waals surface area (Å²) in [5.41, 5.74) is 1.16. The second-order valence-corrected chi connectivity index (χ2v) is 7.10. The molecule has 4 rings (SSSR count). The van der Waals surface area contributed by atoms with E-state index >= 15 is 0 Å². The van der Waals surface area contributed by atoms with Crippen molar-refractivity contribution in [2.75, 3.05) is 26.2 Å². The largest absolute Gasteiger partial charge is 0.348 e. The number of benzene rings is 1. The molecule has 0 aliphatic carbocycles. The number of hydrogen-bond donors (Lipinski definition) is 1. The molecular weight excluding hydrogens is 344 g/mol. The van der Waals surface area contributed by atoms with E-state index in [1.165, 1.54) is 0 Å². The van der Waals surface area contributed by atoms with Gasteiger partial charge in [0, 0.05) is 32.2 Å². The minimum Gasteiger partial charge on any atom is -0.348 e. The van der Waals surface area contributed by atoms with Gasteiger partial charge in [0.1, 0.15) is 0 Å². The van der Waals surface area contributed by atoms with E-state index in [4.69, 9.17) is 0 Å². The van der Waals surface area contributed by atoms with Crippen LogP contribution >= 0.6 is 0 Å². The summed E-state index contributed by atoms with van der Waals surface area (Å²) in [5.74, 6) is -0.221. The predicted molar refractivity (Wildman–Crippen MR) is 99.6 cm³/mol. The van der Waals surface area contributed by atoms with Gasteiger partial charge in [-0.15, -0.1) is 5.10 Å². The van der Waals surface area contributed by atoms with Crippen molar-refractivity contribution in [2.45, 2.75) is 31.7 Å². The highest BCUT2D eigenvalue weighted by Gasteiger charge is 2.28. The Labute approximate surface area is 158 Å². The van der Waals surface area contributed by atoms with E-state index in [0.29, 0.717) is 18.8 Å². The van der Waals surface area contributed by atoms with Crippen LogP contribution < -0.4 is 5.32 Å². The Bertz CT molecular complexity index is 792. The molecule has 2 aliphatic rings. The molecule has 3 amide bonds. The quantitative estimate of drug-likeness (QED) is 0.893. The monoisotopic (exact) mass is 368 g/mol. The fourth-order valence-electron chi connectivity index (χ4n) is 3.66. The molecule has 2 aromatic rings. The number of nitrogens with one attached hydrogen (secondary N) is 1. The maximum atomic E-state index is 12.5. The van der Waals surface area contributed by atoms with Crippen LogP contribution in [0.4, 0.5) is 4.79 Å². The fourth-order valence-corrected chi connectivity index (χ4v) is 3.66. The molecule has 1 N–H and O–H groups in total. The summed E-state index contributed by atoms with van der Waals surface area (Å²) < 4.78 is 1.59. The van der Waals surface area contributed by atoms with Gasteiger partial charge in [0.2, 0.25) is 0 Å². The van der Waals surface area contributed by atoms with Crippen LogP contribution in [0.1, 0.15) is 36.2 Å². The van der Waals surface area contributed by atoms with Crippen molar-refractivity contribution in [1.29, 1.82) is 0 Å². The van der Waals surface area contributed by atoms with Crippen molar-refractivity contribution < 1.29 is 9.59 Å². The number of carbonyl (C=O) groups is 2. The van der Waals surface area contributed by atoms with Crippen LogP contribution in [0.15, 0.2) is 36.5 Å². The van der Waals surface area contributed by atoms with Crippen molar-refractivity contribution in [2.24, 2.45) is 0 Å². The predicted octanol–water partition coefficient (Wildman–Crippen LogP) is 1.68. The van der Waals surface area contributed by atoms with E-state index in [9.17, 15) is 9.59 Å². The zero-order valence-corrected chi connectivity index (χ0v) is 15.3. The van der Waals surface area contributed by atoms with Gasteiger partial charge in [0.25, 0.3) is 5.91 Å². The minimum absolute atomic E-state index is 0.0574. The molecule has 0 saturated carbocycles. The van der Waals surface area contributed by atoms with E-state index in [-0.39, 0.29) is 18.0 Å². The first-order valence-electron chi connectivity index (χ1n) is 9.53. The number of likely N-dealkylation sites (tertiary alicyclic amines) is 2. The van der Waals surface area contributed by atoms with Gasteiger partial charge in [-0.2, -0.15) is 0 Å². The highest BCUT2D eigenvalue weighted by atomic mass is 16.2.